The Morgan fingerprint density at radius 2 is 1.74 bits per heavy atom. The summed E-state index contributed by atoms with van der Waals surface area (Å²) in [6.45, 7) is 17.6. The molecular weight excluding hydrogens is 546 g/mol. The van der Waals surface area contributed by atoms with Crippen LogP contribution in [0.5, 0.6) is 0 Å². The monoisotopic (exact) mass is 611 g/mol. The van der Waals surface area contributed by atoms with Gasteiger partial charge in [-0.3, -0.25) is 4.55 Å². The largest absolute Gasteiger partial charge is 0.399 e. The van der Waals surface area contributed by atoms with Crippen molar-refractivity contribution >= 4 is 10.4 Å². The summed E-state index contributed by atoms with van der Waals surface area (Å²) in [7, 11) is -0.338. The van der Waals surface area contributed by atoms with Crippen molar-refractivity contribution in [2.45, 2.75) is 144 Å². The number of fused-ring (bicyclic) bond motifs is 5. The van der Waals surface area contributed by atoms with Crippen molar-refractivity contribution in [3.05, 3.63) is 11.6 Å². The molecule has 4 rings (SSSR count). The molecule has 246 valence electrons. The molecule has 6 nitrogen and oxygen atoms in total. The summed E-state index contributed by atoms with van der Waals surface area (Å²) >= 11 is 0. The molecule has 0 radical (unpaired) electrons. The maximum atomic E-state index is 11.2. The van der Waals surface area contributed by atoms with Crippen LogP contribution in [0.3, 0.4) is 0 Å². The fourth-order valence-corrected chi connectivity index (χ4v) is 10.2. The van der Waals surface area contributed by atoms with Gasteiger partial charge in [-0.2, -0.15) is 8.42 Å². The minimum absolute atomic E-state index is 0.0519. The van der Waals surface area contributed by atoms with Gasteiger partial charge in [-0.15, -0.1) is 0 Å². The highest BCUT2D eigenvalue weighted by Gasteiger charge is 2.59. The third kappa shape index (κ3) is 8.83. The van der Waals surface area contributed by atoms with Crippen molar-refractivity contribution in [1.82, 2.24) is 4.90 Å². The second-order valence-corrected chi connectivity index (χ2v) is 16.5. The molecule has 0 amide bonds. The van der Waals surface area contributed by atoms with Gasteiger partial charge in [0.1, 0.15) is 0 Å². The Morgan fingerprint density at radius 3 is 2.31 bits per heavy atom. The van der Waals surface area contributed by atoms with Crippen LogP contribution in [0.4, 0.5) is 0 Å². The van der Waals surface area contributed by atoms with Crippen LogP contribution < -0.4 is 0 Å². The van der Waals surface area contributed by atoms with E-state index >= 15 is 0 Å². The summed E-state index contributed by atoms with van der Waals surface area (Å²) in [5.74, 6) is 4.94. The van der Waals surface area contributed by atoms with Crippen LogP contribution in [0.15, 0.2) is 11.6 Å². The van der Waals surface area contributed by atoms with E-state index in [4.69, 9.17) is 13.5 Å². The summed E-state index contributed by atoms with van der Waals surface area (Å²) in [5, 5.41) is 0. The quantitative estimate of drug-likeness (QED) is 0.135. The van der Waals surface area contributed by atoms with Gasteiger partial charge in [0.2, 0.25) is 0 Å². The molecule has 4 aliphatic carbocycles. The first-order chi connectivity index (χ1) is 19.6. The molecule has 0 saturated heterocycles. The third-order valence-electron chi connectivity index (χ3n) is 11.8. The molecule has 0 aromatic rings. The van der Waals surface area contributed by atoms with Gasteiger partial charge in [0.15, 0.2) is 6.29 Å². The summed E-state index contributed by atoms with van der Waals surface area (Å²) in [6.07, 6.45) is 16.9. The van der Waals surface area contributed by atoms with E-state index in [1.165, 1.54) is 69.9 Å². The minimum atomic E-state index is -4.51. The van der Waals surface area contributed by atoms with E-state index in [1.807, 2.05) is 6.92 Å². The first-order valence-corrected chi connectivity index (χ1v) is 18.7. The summed E-state index contributed by atoms with van der Waals surface area (Å²) < 4.78 is 42.2. The molecule has 0 bridgehead atoms. The Morgan fingerprint density at radius 1 is 1.02 bits per heavy atom. The molecule has 0 heterocycles. The van der Waals surface area contributed by atoms with Crippen LogP contribution >= 0.6 is 0 Å². The first kappa shape index (κ1) is 36.0. The summed E-state index contributed by atoms with van der Waals surface area (Å²) in [4.78, 5) is 2.18. The summed E-state index contributed by atoms with van der Waals surface area (Å²) in [5.41, 5.74) is 2.25. The van der Waals surface area contributed by atoms with Gasteiger partial charge in [0.25, 0.3) is 0 Å². The lowest BCUT2D eigenvalue weighted by Gasteiger charge is -2.58. The zero-order valence-corrected chi connectivity index (χ0v) is 29.3. The van der Waals surface area contributed by atoms with E-state index in [0.717, 1.165) is 54.8 Å². The van der Waals surface area contributed by atoms with E-state index < -0.39 is 16.7 Å². The van der Waals surface area contributed by atoms with Crippen LogP contribution in [0.25, 0.3) is 0 Å². The average Bonchev–Trinajstić information content (AvgIpc) is 3.25. The smallest absolute Gasteiger partial charge is 0.348 e. The zero-order chi connectivity index (χ0) is 31.3. The number of rotatable bonds is 12. The van der Waals surface area contributed by atoms with E-state index in [9.17, 15) is 8.42 Å². The maximum absolute atomic E-state index is 11.2. The van der Waals surface area contributed by atoms with Crippen molar-refractivity contribution in [3.63, 3.8) is 0 Å². The van der Waals surface area contributed by atoms with Crippen LogP contribution in [-0.4, -0.2) is 50.9 Å². The molecule has 7 heteroatoms. The molecule has 0 aromatic carbocycles. The van der Waals surface area contributed by atoms with Gasteiger partial charge in [-0.25, -0.2) is 4.18 Å². The van der Waals surface area contributed by atoms with Gasteiger partial charge in [0.05, 0.1) is 6.10 Å². The first-order valence-electron chi connectivity index (χ1n) is 17.3. The van der Waals surface area contributed by atoms with Crippen LogP contribution in [0, 0.1) is 46.3 Å². The van der Waals surface area contributed by atoms with Gasteiger partial charge in [-0.1, -0.05) is 79.4 Å². The Kier molecular flexibility index (Phi) is 13.0. The maximum Gasteiger partial charge on any atom is 0.399 e. The predicted molar refractivity (Wildman–Crippen MR) is 173 cm³/mol. The average molecular weight is 612 g/mol. The molecule has 0 aromatic heterocycles. The number of hydrogen-bond acceptors (Lipinski definition) is 5. The second kappa shape index (κ2) is 15.2. The van der Waals surface area contributed by atoms with E-state index in [-0.39, 0.29) is 11.5 Å². The van der Waals surface area contributed by atoms with Crippen molar-refractivity contribution in [3.8, 4) is 0 Å². The molecule has 9 atom stereocenters. The highest BCUT2D eigenvalue weighted by Crippen LogP contribution is 2.67. The van der Waals surface area contributed by atoms with E-state index in [1.54, 1.807) is 0 Å². The lowest BCUT2D eigenvalue weighted by Crippen LogP contribution is -2.51. The Balaban J connectivity index is 0.000000730. The van der Waals surface area contributed by atoms with E-state index in [0.29, 0.717) is 11.8 Å². The Bertz CT molecular complexity index is 980. The molecule has 3 saturated carbocycles. The molecular formula is C35H65NO5S. The number of allylic oxidation sites excluding steroid dienone is 1. The lowest BCUT2D eigenvalue weighted by molar-refractivity contribution is -0.136. The topological polar surface area (TPSA) is 76.1 Å². The predicted octanol–water partition coefficient (Wildman–Crippen LogP) is 8.93. The fourth-order valence-electron chi connectivity index (χ4n) is 9.75. The lowest BCUT2D eigenvalue weighted by atomic mass is 9.47. The van der Waals surface area contributed by atoms with Gasteiger partial charge < -0.3 is 9.64 Å². The summed E-state index contributed by atoms with van der Waals surface area (Å²) in [6, 6.07) is 0. The van der Waals surface area contributed by atoms with Crippen LogP contribution in [0.1, 0.15) is 132 Å². The Hall–Kier alpha value is -0.470. The van der Waals surface area contributed by atoms with Crippen LogP contribution in [-0.2, 0) is 19.3 Å². The number of ether oxygens (including phenoxy) is 1. The van der Waals surface area contributed by atoms with Crippen molar-refractivity contribution in [1.29, 1.82) is 0 Å². The zero-order valence-electron chi connectivity index (χ0n) is 28.5. The van der Waals surface area contributed by atoms with Crippen molar-refractivity contribution < 1.29 is 21.9 Å². The molecule has 0 spiro atoms. The van der Waals surface area contributed by atoms with Crippen LogP contribution in [0.2, 0.25) is 0 Å². The molecule has 0 aliphatic heterocycles. The molecule has 1 unspecified atom stereocenters. The minimum Gasteiger partial charge on any atom is -0.348 e. The third-order valence-corrected chi connectivity index (χ3v) is 12.3. The van der Waals surface area contributed by atoms with Crippen molar-refractivity contribution in [2.75, 3.05) is 20.6 Å². The molecule has 3 fully saturated rings. The molecule has 42 heavy (non-hydrogen) atoms. The Labute approximate surface area is 259 Å². The standard InChI is InChI=1S/C30H52O5S.C5H13N/c1-7-28(35-36(31,32)33)34-23-15-17-29(5)22(19-23)11-12-24-26-14-13-25(21(4)10-8-9-20(2)3)30(26,6)18-16-27(24)29;1-4-5-6(2)3/h11,20-21,23-28H,7-10,12-19H2,1-6H3,(H,31,32,33);4-5H2,1-3H3/t21-,23+,24+,25-,26+,27+,28?,29+,30-;/m1./s1. The van der Waals surface area contributed by atoms with Gasteiger partial charge in [-0.05, 0) is 131 Å². The van der Waals surface area contributed by atoms with Crippen molar-refractivity contribution in [2.24, 2.45) is 46.3 Å². The molecule has 1 N–H and O–H groups in total. The van der Waals surface area contributed by atoms with Gasteiger partial charge in [0, 0.05) is 0 Å². The fraction of sp³-hybridized carbons (Fsp3) is 0.943. The number of nitrogens with zero attached hydrogens (tertiary/aromatic N) is 1. The normalized spacial score (nSPS) is 35.9. The highest BCUT2D eigenvalue weighted by atomic mass is 32.3. The highest BCUT2D eigenvalue weighted by molar-refractivity contribution is 7.80. The molecule has 4 aliphatic rings. The SMILES string of the molecule is CCC(O[C@H]1CC[C@@]2(C)C(=CC[C@H]3[C@@H]4CC[C@H]([C@H](C)CCCC(C)C)[C@@]4(C)CC[C@@H]32)C1)OS(=O)(=O)O.CCCN(C)C. The van der Waals surface area contributed by atoms with Gasteiger partial charge >= 0.3 is 10.4 Å². The van der Waals surface area contributed by atoms with E-state index in [2.05, 4.69) is 66.6 Å². The number of hydrogen-bond donors (Lipinski definition) is 1. The second-order valence-electron chi connectivity index (χ2n) is 15.5.